The molecule has 2 aromatic rings. The number of rotatable bonds is 5. The Morgan fingerprint density at radius 2 is 2.11 bits per heavy atom. The zero-order chi connectivity index (χ0) is 13.8. The van der Waals surface area contributed by atoms with Gasteiger partial charge in [-0.25, -0.2) is 0 Å². The van der Waals surface area contributed by atoms with E-state index in [2.05, 4.69) is 15.5 Å². The lowest BCUT2D eigenvalue weighted by molar-refractivity contribution is -0.384. The molecule has 7 heteroatoms. The predicted molar refractivity (Wildman–Crippen MR) is 68.6 cm³/mol. The van der Waals surface area contributed by atoms with Crippen LogP contribution in [0.1, 0.15) is 12.8 Å². The third kappa shape index (κ3) is 3.14. The first-order valence-electron chi connectivity index (χ1n) is 5.85. The first kappa shape index (κ1) is 13.2. The Kier molecular flexibility index (Phi) is 3.86. The number of nitro benzene ring substituents is 1. The van der Waals surface area contributed by atoms with E-state index >= 15 is 0 Å². The highest BCUT2D eigenvalue weighted by atomic mass is 16.6. The van der Waals surface area contributed by atoms with Gasteiger partial charge in [-0.15, -0.1) is 0 Å². The number of hydrogen-bond donors (Lipinski definition) is 1. The van der Waals surface area contributed by atoms with Gasteiger partial charge < -0.3 is 9.84 Å². The fraction of sp³-hybridized carbons (Fsp3) is 0.333. The van der Waals surface area contributed by atoms with Gasteiger partial charge in [0, 0.05) is 30.2 Å². The highest BCUT2D eigenvalue weighted by Crippen LogP contribution is 2.20. The van der Waals surface area contributed by atoms with Gasteiger partial charge in [0.1, 0.15) is 0 Å². The maximum absolute atomic E-state index is 10.6. The fourth-order valence-electron chi connectivity index (χ4n) is 1.55. The minimum atomic E-state index is -0.444. The number of non-ortho nitro benzene ring substituents is 1. The number of likely N-dealkylation sites (N-methyl/N-ethyl adjacent to an activating group) is 1. The molecule has 0 saturated carbocycles. The van der Waals surface area contributed by atoms with Gasteiger partial charge in [-0.1, -0.05) is 5.16 Å². The Hall–Kier alpha value is -2.28. The molecule has 0 spiro atoms. The van der Waals surface area contributed by atoms with E-state index in [1.165, 1.54) is 12.1 Å². The summed E-state index contributed by atoms with van der Waals surface area (Å²) in [5, 5.41) is 17.5. The smallest absolute Gasteiger partial charge is 0.269 e. The lowest BCUT2D eigenvalue weighted by Crippen LogP contribution is -2.23. The van der Waals surface area contributed by atoms with Crippen LogP contribution in [0, 0.1) is 10.1 Å². The third-order valence-electron chi connectivity index (χ3n) is 2.78. The molecule has 1 unspecified atom stereocenters. The average Bonchev–Trinajstić information content (AvgIpc) is 2.87. The number of benzene rings is 1. The SMILES string of the molecule is CNC(C)Cc1nc(-c2ccc([N+](=O)[O-])cc2)no1. The summed E-state index contributed by atoms with van der Waals surface area (Å²) in [6.07, 6.45) is 0.635. The van der Waals surface area contributed by atoms with Crippen molar-refractivity contribution in [2.75, 3.05) is 7.05 Å². The summed E-state index contributed by atoms with van der Waals surface area (Å²) in [6.45, 7) is 2.01. The van der Waals surface area contributed by atoms with E-state index in [0.29, 0.717) is 23.7 Å². The average molecular weight is 262 g/mol. The van der Waals surface area contributed by atoms with E-state index < -0.39 is 4.92 Å². The fourth-order valence-corrected chi connectivity index (χ4v) is 1.55. The zero-order valence-electron chi connectivity index (χ0n) is 10.7. The Labute approximate surface area is 109 Å². The van der Waals surface area contributed by atoms with Crippen LogP contribution in [-0.4, -0.2) is 28.2 Å². The first-order valence-corrected chi connectivity index (χ1v) is 5.85. The topological polar surface area (TPSA) is 94.1 Å². The molecule has 0 aliphatic rings. The minimum Gasteiger partial charge on any atom is -0.339 e. The predicted octanol–water partition coefficient (Wildman–Crippen LogP) is 1.80. The van der Waals surface area contributed by atoms with Crippen molar-refractivity contribution >= 4 is 5.69 Å². The van der Waals surface area contributed by atoms with Crippen LogP contribution in [0.4, 0.5) is 5.69 Å². The third-order valence-corrected chi connectivity index (χ3v) is 2.78. The van der Waals surface area contributed by atoms with E-state index in [-0.39, 0.29) is 11.7 Å². The van der Waals surface area contributed by atoms with Gasteiger partial charge in [0.2, 0.25) is 11.7 Å². The van der Waals surface area contributed by atoms with Crippen molar-refractivity contribution in [2.24, 2.45) is 0 Å². The molecule has 0 aliphatic heterocycles. The van der Waals surface area contributed by atoms with E-state index in [1.54, 1.807) is 12.1 Å². The standard InChI is InChI=1S/C12H14N4O3/c1-8(13-2)7-11-14-12(15-19-11)9-3-5-10(6-4-9)16(17)18/h3-6,8,13H,7H2,1-2H3. The van der Waals surface area contributed by atoms with Crippen molar-refractivity contribution < 1.29 is 9.45 Å². The van der Waals surface area contributed by atoms with Gasteiger partial charge in [0.25, 0.3) is 5.69 Å². The number of hydrogen-bond acceptors (Lipinski definition) is 6. The summed E-state index contributed by atoms with van der Waals surface area (Å²) in [7, 11) is 1.86. The van der Waals surface area contributed by atoms with Crippen molar-refractivity contribution in [3.63, 3.8) is 0 Å². The largest absolute Gasteiger partial charge is 0.339 e. The molecule has 2 rings (SSSR count). The second-order valence-electron chi connectivity index (χ2n) is 4.21. The number of nitrogens with zero attached hydrogens (tertiary/aromatic N) is 3. The molecule has 0 fully saturated rings. The van der Waals surface area contributed by atoms with Gasteiger partial charge in [0.05, 0.1) is 4.92 Å². The summed E-state index contributed by atoms with van der Waals surface area (Å²) >= 11 is 0. The molecular formula is C12H14N4O3. The van der Waals surface area contributed by atoms with Crippen LogP contribution >= 0.6 is 0 Å². The first-order chi connectivity index (χ1) is 9.10. The van der Waals surface area contributed by atoms with E-state index in [1.807, 2.05) is 14.0 Å². The van der Waals surface area contributed by atoms with Gasteiger partial charge in [-0.05, 0) is 26.1 Å². The molecule has 0 aliphatic carbocycles. The van der Waals surface area contributed by atoms with Crippen LogP contribution in [0.5, 0.6) is 0 Å². The number of nitro groups is 1. The normalized spacial score (nSPS) is 12.3. The summed E-state index contributed by atoms with van der Waals surface area (Å²) in [6, 6.07) is 6.29. The molecule has 1 heterocycles. The molecule has 0 radical (unpaired) electrons. The molecular weight excluding hydrogens is 248 g/mol. The van der Waals surface area contributed by atoms with Crippen LogP contribution in [0.2, 0.25) is 0 Å². The molecule has 1 N–H and O–H groups in total. The Morgan fingerprint density at radius 3 is 2.68 bits per heavy atom. The van der Waals surface area contributed by atoms with Crippen molar-refractivity contribution in [1.82, 2.24) is 15.5 Å². The van der Waals surface area contributed by atoms with E-state index in [4.69, 9.17) is 4.52 Å². The van der Waals surface area contributed by atoms with Gasteiger partial charge >= 0.3 is 0 Å². The minimum absolute atomic E-state index is 0.0382. The molecule has 0 amide bonds. The van der Waals surface area contributed by atoms with Crippen LogP contribution in [0.3, 0.4) is 0 Å². The molecule has 1 aromatic carbocycles. The lowest BCUT2D eigenvalue weighted by atomic mass is 10.2. The molecule has 7 nitrogen and oxygen atoms in total. The maximum Gasteiger partial charge on any atom is 0.269 e. The molecule has 100 valence electrons. The summed E-state index contributed by atoms with van der Waals surface area (Å²) in [4.78, 5) is 14.4. The molecule has 1 atom stereocenters. The summed E-state index contributed by atoms with van der Waals surface area (Å²) in [5.41, 5.74) is 0.731. The lowest BCUT2D eigenvalue weighted by Gasteiger charge is -2.04. The number of aromatic nitrogens is 2. The van der Waals surface area contributed by atoms with Crippen LogP contribution in [0.25, 0.3) is 11.4 Å². The molecule has 0 bridgehead atoms. The van der Waals surface area contributed by atoms with Crippen molar-refractivity contribution in [3.8, 4) is 11.4 Å². The highest BCUT2D eigenvalue weighted by Gasteiger charge is 2.12. The van der Waals surface area contributed by atoms with Crippen molar-refractivity contribution in [3.05, 3.63) is 40.3 Å². The Morgan fingerprint density at radius 1 is 1.42 bits per heavy atom. The van der Waals surface area contributed by atoms with Crippen LogP contribution in [-0.2, 0) is 6.42 Å². The van der Waals surface area contributed by atoms with Crippen LogP contribution < -0.4 is 5.32 Å². The molecule has 1 aromatic heterocycles. The van der Waals surface area contributed by atoms with E-state index in [9.17, 15) is 10.1 Å². The molecule has 0 saturated heterocycles. The highest BCUT2D eigenvalue weighted by molar-refractivity contribution is 5.56. The molecule has 19 heavy (non-hydrogen) atoms. The summed E-state index contributed by atoms with van der Waals surface area (Å²) < 4.78 is 5.13. The van der Waals surface area contributed by atoms with Crippen molar-refractivity contribution in [1.29, 1.82) is 0 Å². The van der Waals surface area contributed by atoms with Gasteiger partial charge in [-0.2, -0.15) is 4.98 Å². The second-order valence-corrected chi connectivity index (χ2v) is 4.21. The van der Waals surface area contributed by atoms with Crippen molar-refractivity contribution in [2.45, 2.75) is 19.4 Å². The second kappa shape index (κ2) is 5.57. The van der Waals surface area contributed by atoms with Gasteiger partial charge in [0.15, 0.2) is 0 Å². The number of nitrogens with one attached hydrogen (secondary N) is 1. The van der Waals surface area contributed by atoms with E-state index in [0.717, 1.165) is 0 Å². The monoisotopic (exact) mass is 262 g/mol. The maximum atomic E-state index is 10.6. The Balaban J connectivity index is 2.16. The summed E-state index contributed by atoms with van der Waals surface area (Å²) in [5.74, 6) is 0.975. The Bertz CT molecular complexity index is 565. The quantitative estimate of drug-likeness (QED) is 0.652. The van der Waals surface area contributed by atoms with Gasteiger partial charge in [-0.3, -0.25) is 10.1 Å². The zero-order valence-corrected chi connectivity index (χ0v) is 10.7. The van der Waals surface area contributed by atoms with Crippen LogP contribution in [0.15, 0.2) is 28.8 Å².